The molecule has 1 aromatic heterocycles. The highest BCUT2D eigenvalue weighted by molar-refractivity contribution is 7.92. The lowest BCUT2D eigenvalue weighted by Crippen LogP contribution is -2.37. The Morgan fingerprint density at radius 3 is 2.56 bits per heavy atom. The highest BCUT2D eigenvalue weighted by atomic mass is 32.2. The van der Waals surface area contributed by atoms with Crippen LogP contribution < -0.4 is 10.0 Å². The Morgan fingerprint density at radius 1 is 1.50 bits per heavy atom. The van der Waals surface area contributed by atoms with E-state index in [-0.39, 0.29) is 12.6 Å². The van der Waals surface area contributed by atoms with Gasteiger partial charge >= 0.3 is 0 Å². The predicted octanol–water partition coefficient (Wildman–Crippen LogP) is 0.715. The van der Waals surface area contributed by atoms with Crippen molar-refractivity contribution in [1.29, 1.82) is 0 Å². The van der Waals surface area contributed by atoms with Crippen LogP contribution in [0.25, 0.3) is 0 Å². The summed E-state index contributed by atoms with van der Waals surface area (Å²) < 4.78 is 24.7. The molecule has 6 heteroatoms. The van der Waals surface area contributed by atoms with Gasteiger partial charge in [-0.05, 0) is 19.9 Å². The normalized spacial score (nSPS) is 11.8. The van der Waals surface area contributed by atoms with Gasteiger partial charge in [0.05, 0.1) is 6.26 Å². The molecule has 0 saturated carbocycles. The standard InChI is InChI=1S/C10H17N3O2S/c1-8(2)13(16(3,14)15)10-9(7-11)5-4-6-12-10/h4-6,8H,7,11H2,1-3H3. The van der Waals surface area contributed by atoms with Gasteiger partial charge in [-0.1, -0.05) is 6.07 Å². The number of rotatable bonds is 4. The van der Waals surface area contributed by atoms with Crippen molar-refractivity contribution in [2.45, 2.75) is 26.4 Å². The van der Waals surface area contributed by atoms with Gasteiger partial charge in [-0.3, -0.25) is 4.31 Å². The Hall–Kier alpha value is -1.14. The van der Waals surface area contributed by atoms with Gasteiger partial charge < -0.3 is 5.73 Å². The molecule has 0 bridgehead atoms. The highest BCUT2D eigenvalue weighted by Gasteiger charge is 2.23. The van der Waals surface area contributed by atoms with Crippen LogP contribution in [0.2, 0.25) is 0 Å². The molecule has 0 aromatic carbocycles. The average molecular weight is 243 g/mol. The van der Waals surface area contributed by atoms with Crippen LogP contribution in [-0.4, -0.2) is 25.7 Å². The molecule has 0 spiro atoms. The first kappa shape index (κ1) is 12.9. The average Bonchev–Trinajstić information content (AvgIpc) is 2.15. The van der Waals surface area contributed by atoms with Gasteiger partial charge in [0.1, 0.15) is 5.82 Å². The van der Waals surface area contributed by atoms with Crippen molar-refractivity contribution in [3.05, 3.63) is 23.9 Å². The molecule has 0 aliphatic heterocycles. The zero-order chi connectivity index (χ0) is 12.3. The van der Waals surface area contributed by atoms with Crippen LogP contribution in [0.5, 0.6) is 0 Å². The minimum Gasteiger partial charge on any atom is -0.326 e. The van der Waals surface area contributed by atoms with Crippen molar-refractivity contribution in [2.24, 2.45) is 5.73 Å². The molecule has 1 aromatic rings. The molecule has 0 aliphatic rings. The minimum atomic E-state index is -3.33. The number of pyridine rings is 1. The fourth-order valence-corrected chi connectivity index (χ4v) is 2.82. The van der Waals surface area contributed by atoms with Gasteiger partial charge in [0.15, 0.2) is 0 Å². The maximum absolute atomic E-state index is 11.7. The summed E-state index contributed by atoms with van der Waals surface area (Å²) in [5.41, 5.74) is 6.29. The lowest BCUT2D eigenvalue weighted by Gasteiger charge is -2.26. The van der Waals surface area contributed by atoms with Gasteiger partial charge in [-0.25, -0.2) is 13.4 Å². The molecule has 0 aliphatic carbocycles. The predicted molar refractivity (Wildman–Crippen MR) is 64.6 cm³/mol. The maximum atomic E-state index is 11.7. The van der Waals surface area contributed by atoms with Gasteiger partial charge in [0.25, 0.3) is 0 Å². The van der Waals surface area contributed by atoms with E-state index >= 15 is 0 Å². The van der Waals surface area contributed by atoms with Crippen LogP contribution in [0, 0.1) is 0 Å². The van der Waals surface area contributed by atoms with Gasteiger partial charge in [0.2, 0.25) is 10.0 Å². The first-order valence-corrected chi connectivity index (χ1v) is 6.86. The number of sulfonamides is 1. The third kappa shape index (κ3) is 2.70. The van der Waals surface area contributed by atoms with Crippen LogP contribution in [0.15, 0.2) is 18.3 Å². The smallest absolute Gasteiger partial charge is 0.233 e. The molecule has 1 rings (SSSR count). The Kier molecular flexibility index (Phi) is 3.88. The number of aromatic nitrogens is 1. The second-order valence-electron chi connectivity index (χ2n) is 3.84. The van der Waals surface area contributed by atoms with Crippen LogP contribution in [0.1, 0.15) is 19.4 Å². The summed E-state index contributed by atoms with van der Waals surface area (Å²) >= 11 is 0. The molecule has 0 amide bonds. The zero-order valence-corrected chi connectivity index (χ0v) is 10.5. The van der Waals surface area contributed by atoms with Crippen molar-refractivity contribution < 1.29 is 8.42 Å². The molecule has 1 heterocycles. The second-order valence-corrected chi connectivity index (χ2v) is 5.70. The summed E-state index contributed by atoms with van der Waals surface area (Å²) in [7, 11) is -3.33. The molecule has 5 nitrogen and oxygen atoms in total. The summed E-state index contributed by atoms with van der Waals surface area (Å²) in [6, 6.07) is 3.34. The third-order valence-corrected chi connectivity index (χ3v) is 3.43. The van der Waals surface area contributed by atoms with Crippen molar-refractivity contribution in [3.8, 4) is 0 Å². The van der Waals surface area contributed by atoms with E-state index in [4.69, 9.17) is 5.73 Å². The summed E-state index contributed by atoms with van der Waals surface area (Å²) in [4.78, 5) is 4.10. The van der Waals surface area contributed by atoms with Crippen molar-refractivity contribution in [2.75, 3.05) is 10.6 Å². The van der Waals surface area contributed by atoms with Crippen LogP contribution in [0.4, 0.5) is 5.82 Å². The maximum Gasteiger partial charge on any atom is 0.233 e. The number of anilines is 1. The molecule has 2 N–H and O–H groups in total. The third-order valence-electron chi connectivity index (χ3n) is 2.12. The lowest BCUT2D eigenvalue weighted by atomic mass is 10.2. The Labute approximate surface area is 96.3 Å². The first-order chi connectivity index (χ1) is 7.38. The van der Waals surface area contributed by atoms with E-state index < -0.39 is 10.0 Å². The van der Waals surface area contributed by atoms with Crippen LogP contribution in [0.3, 0.4) is 0 Å². The molecular weight excluding hydrogens is 226 g/mol. The largest absolute Gasteiger partial charge is 0.326 e. The van der Waals surface area contributed by atoms with E-state index in [1.165, 1.54) is 10.6 Å². The number of nitrogens with zero attached hydrogens (tertiary/aromatic N) is 2. The SMILES string of the molecule is CC(C)N(c1ncccc1CN)S(C)(=O)=O. The van der Waals surface area contributed by atoms with E-state index in [9.17, 15) is 8.42 Å². The Balaban J connectivity index is 3.33. The van der Waals surface area contributed by atoms with E-state index in [1.54, 1.807) is 32.2 Å². The van der Waals surface area contributed by atoms with E-state index in [0.29, 0.717) is 5.82 Å². The monoisotopic (exact) mass is 243 g/mol. The second kappa shape index (κ2) is 4.80. The number of hydrogen-bond acceptors (Lipinski definition) is 4. The summed E-state index contributed by atoms with van der Waals surface area (Å²) in [6.07, 6.45) is 2.73. The molecular formula is C10H17N3O2S. The molecule has 0 atom stereocenters. The van der Waals surface area contributed by atoms with E-state index in [1.807, 2.05) is 0 Å². The molecule has 0 unspecified atom stereocenters. The van der Waals surface area contributed by atoms with Gasteiger partial charge in [-0.2, -0.15) is 0 Å². The minimum absolute atomic E-state index is 0.185. The van der Waals surface area contributed by atoms with Crippen molar-refractivity contribution >= 4 is 15.8 Å². The van der Waals surface area contributed by atoms with E-state index in [0.717, 1.165) is 5.56 Å². The van der Waals surface area contributed by atoms with Gasteiger partial charge in [0, 0.05) is 24.3 Å². The lowest BCUT2D eigenvalue weighted by molar-refractivity contribution is 0.589. The Morgan fingerprint density at radius 2 is 2.12 bits per heavy atom. The molecule has 90 valence electrons. The fraction of sp³-hybridized carbons (Fsp3) is 0.500. The molecule has 16 heavy (non-hydrogen) atoms. The quantitative estimate of drug-likeness (QED) is 0.845. The number of nitrogens with two attached hydrogens (primary N) is 1. The van der Waals surface area contributed by atoms with Crippen molar-refractivity contribution in [3.63, 3.8) is 0 Å². The molecule has 0 saturated heterocycles. The topological polar surface area (TPSA) is 76.3 Å². The molecule has 0 fully saturated rings. The molecule has 0 radical (unpaired) electrons. The fourth-order valence-electron chi connectivity index (χ4n) is 1.57. The van der Waals surface area contributed by atoms with Crippen molar-refractivity contribution in [1.82, 2.24) is 4.98 Å². The first-order valence-electron chi connectivity index (χ1n) is 5.01. The zero-order valence-electron chi connectivity index (χ0n) is 9.71. The summed E-state index contributed by atoms with van der Waals surface area (Å²) in [5.74, 6) is 0.419. The Bertz CT molecular complexity index is 457. The highest BCUT2D eigenvalue weighted by Crippen LogP contribution is 2.21. The van der Waals surface area contributed by atoms with Gasteiger partial charge in [-0.15, -0.1) is 0 Å². The summed E-state index contributed by atoms with van der Waals surface area (Å²) in [6.45, 7) is 3.87. The summed E-state index contributed by atoms with van der Waals surface area (Å²) in [5, 5.41) is 0. The number of hydrogen-bond donors (Lipinski definition) is 1. The van der Waals surface area contributed by atoms with E-state index in [2.05, 4.69) is 4.98 Å². The van der Waals surface area contributed by atoms with Crippen LogP contribution in [-0.2, 0) is 16.6 Å². The van der Waals surface area contributed by atoms with Crippen LogP contribution >= 0.6 is 0 Å².